The molecule has 2 aromatic heterocycles. The molecule has 1 aromatic carbocycles. The Morgan fingerprint density at radius 1 is 1.19 bits per heavy atom. The van der Waals surface area contributed by atoms with Crippen LogP contribution in [0, 0.1) is 6.92 Å². The molecule has 1 aliphatic heterocycles. The van der Waals surface area contributed by atoms with Crippen LogP contribution in [0.4, 0.5) is 0 Å². The molecule has 0 saturated carbocycles. The Kier molecular flexibility index (Phi) is 5.34. The third kappa shape index (κ3) is 4.11. The third-order valence-corrected chi connectivity index (χ3v) is 6.13. The van der Waals surface area contributed by atoms with Crippen molar-refractivity contribution in [3.63, 3.8) is 0 Å². The summed E-state index contributed by atoms with van der Waals surface area (Å²) in [6.07, 6.45) is 6.25. The third-order valence-electron chi connectivity index (χ3n) is 5.14. The molecule has 5 nitrogen and oxygen atoms in total. The smallest absolute Gasteiger partial charge is 0.264 e. The molecule has 0 spiro atoms. The fourth-order valence-electron chi connectivity index (χ4n) is 3.69. The van der Waals surface area contributed by atoms with Crippen LogP contribution in [-0.4, -0.2) is 38.4 Å². The highest BCUT2D eigenvalue weighted by Crippen LogP contribution is 2.25. The summed E-state index contributed by atoms with van der Waals surface area (Å²) in [6, 6.07) is 14.3. The van der Waals surface area contributed by atoms with Gasteiger partial charge in [0.2, 0.25) is 0 Å². The van der Waals surface area contributed by atoms with Gasteiger partial charge in [-0.05, 0) is 44.7 Å². The van der Waals surface area contributed by atoms with Gasteiger partial charge in [0.15, 0.2) is 0 Å². The van der Waals surface area contributed by atoms with E-state index < -0.39 is 0 Å². The Morgan fingerprint density at radius 2 is 2.04 bits per heavy atom. The molecule has 6 heteroatoms. The lowest BCUT2D eigenvalue weighted by Gasteiger charge is -2.35. The average molecular weight is 381 g/mol. The van der Waals surface area contributed by atoms with Gasteiger partial charge in [-0.1, -0.05) is 35.5 Å². The minimum atomic E-state index is 0.182. The number of piperidine rings is 1. The first-order valence-electron chi connectivity index (χ1n) is 9.53. The summed E-state index contributed by atoms with van der Waals surface area (Å²) < 4.78 is 1.90. The van der Waals surface area contributed by atoms with E-state index in [4.69, 9.17) is 0 Å². The van der Waals surface area contributed by atoms with Gasteiger partial charge in [-0.25, -0.2) is 0 Å². The standard InChI is InChI=1S/C21H24N4OS/c1-16-10-11-20(27-16)21(26)25-13-6-5-9-18(25)12-14-24-15-19(22-23-24)17-7-3-2-4-8-17/h2-4,7-8,10-11,15,18H,5-6,9,12-14H2,1H3. The number of benzene rings is 1. The molecule has 1 fully saturated rings. The maximum absolute atomic E-state index is 12.9. The van der Waals surface area contributed by atoms with Crippen LogP contribution in [0.5, 0.6) is 0 Å². The first kappa shape index (κ1) is 17.9. The Hall–Kier alpha value is -2.47. The fourth-order valence-corrected chi connectivity index (χ4v) is 4.51. The van der Waals surface area contributed by atoms with Gasteiger partial charge in [0, 0.05) is 29.6 Å². The molecule has 3 aromatic rings. The SMILES string of the molecule is Cc1ccc(C(=O)N2CCCCC2CCn2cc(-c3ccccc3)nn2)s1. The summed E-state index contributed by atoms with van der Waals surface area (Å²) in [7, 11) is 0. The Bertz CT molecular complexity index is 902. The molecule has 27 heavy (non-hydrogen) atoms. The number of amides is 1. The molecule has 3 heterocycles. The van der Waals surface area contributed by atoms with Crippen molar-refractivity contribution in [2.24, 2.45) is 0 Å². The lowest BCUT2D eigenvalue weighted by molar-refractivity contribution is 0.0599. The number of nitrogens with zero attached hydrogens (tertiary/aromatic N) is 4. The highest BCUT2D eigenvalue weighted by Gasteiger charge is 2.28. The van der Waals surface area contributed by atoms with E-state index in [2.05, 4.69) is 15.2 Å². The van der Waals surface area contributed by atoms with Crippen LogP contribution in [0.1, 0.15) is 40.2 Å². The molecule has 1 amide bonds. The number of aryl methyl sites for hydroxylation is 2. The molecule has 1 aliphatic rings. The van der Waals surface area contributed by atoms with Gasteiger partial charge in [-0.3, -0.25) is 9.48 Å². The number of thiophene rings is 1. The Morgan fingerprint density at radius 3 is 2.81 bits per heavy atom. The zero-order valence-electron chi connectivity index (χ0n) is 15.5. The minimum absolute atomic E-state index is 0.182. The number of carbonyl (C=O) groups is 1. The zero-order valence-corrected chi connectivity index (χ0v) is 16.4. The van der Waals surface area contributed by atoms with Crippen LogP contribution in [0.25, 0.3) is 11.3 Å². The molecule has 140 valence electrons. The zero-order chi connectivity index (χ0) is 18.6. The van der Waals surface area contributed by atoms with E-state index in [1.165, 1.54) is 11.3 Å². The van der Waals surface area contributed by atoms with Gasteiger partial charge < -0.3 is 4.90 Å². The van der Waals surface area contributed by atoms with Crippen molar-refractivity contribution in [3.8, 4) is 11.3 Å². The predicted octanol–water partition coefficient (Wildman–Crippen LogP) is 4.40. The van der Waals surface area contributed by atoms with Gasteiger partial charge in [-0.15, -0.1) is 16.4 Å². The second-order valence-electron chi connectivity index (χ2n) is 7.08. The molecule has 4 rings (SSSR count). The lowest BCUT2D eigenvalue weighted by atomic mass is 9.99. The maximum atomic E-state index is 12.9. The van der Waals surface area contributed by atoms with Crippen LogP contribution in [0.2, 0.25) is 0 Å². The molecular formula is C21H24N4OS. The van der Waals surface area contributed by atoms with E-state index in [1.807, 2.05) is 60.3 Å². The fraction of sp³-hybridized carbons (Fsp3) is 0.381. The highest BCUT2D eigenvalue weighted by atomic mass is 32.1. The van der Waals surface area contributed by atoms with Crippen molar-refractivity contribution in [1.29, 1.82) is 0 Å². The maximum Gasteiger partial charge on any atom is 0.264 e. The summed E-state index contributed by atoms with van der Waals surface area (Å²) in [5, 5.41) is 8.56. The molecular weight excluding hydrogens is 356 g/mol. The van der Waals surface area contributed by atoms with Gasteiger partial charge >= 0.3 is 0 Å². The van der Waals surface area contributed by atoms with Crippen LogP contribution in [0.15, 0.2) is 48.7 Å². The molecule has 1 unspecified atom stereocenters. The van der Waals surface area contributed by atoms with Crippen LogP contribution in [-0.2, 0) is 6.54 Å². The number of hydrogen-bond donors (Lipinski definition) is 0. The largest absolute Gasteiger partial charge is 0.335 e. The first-order valence-corrected chi connectivity index (χ1v) is 10.4. The number of rotatable bonds is 5. The van der Waals surface area contributed by atoms with E-state index in [9.17, 15) is 4.79 Å². The van der Waals surface area contributed by atoms with Crippen LogP contribution in [0.3, 0.4) is 0 Å². The second-order valence-corrected chi connectivity index (χ2v) is 8.37. The Balaban J connectivity index is 1.42. The van der Waals surface area contributed by atoms with E-state index in [-0.39, 0.29) is 11.9 Å². The van der Waals surface area contributed by atoms with Crippen molar-refractivity contribution in [2.75, 3.05) is 6.54 Å². The van der Waals surface area contributed by atoms with E-state index in [1.54, 1.807) is 11.3 Å². The van der Waals surface area contributed by atoms with E-state index in [0.717, 1.165) is 48.5 Å². The second kappa shape index (κ2) is 8.05. The summed E-state index contributed by atoms with van der Waals surface area (Å²) in [4.78, 5) is 17.0. The predicted molar refractivity (Wildman–Crippen MR) is 108 cm³/mol. The number of carbonyl (C=O) groups excluding carboxylic acids is 1. The number of aromatic nitrogens is 3. The normalized spacial score (nSPS) is 17.2. The summed E-state index contributed by atoms with van der Waals surface area (Å²) >= 11 is 1.59. The molecule has 1 atom stereocenters. The van der Waals surface area contributed by atoms with Gasteiger partial charge in [0.25, 0.3) is 5.91 Å². The molecule has 0 bridgehead atoms. The van der Waals surface area contributed by atoms with Crippen molar-refractivity contribution in [1.82, 2.24) is 19.9 Å². The van der Waals surface area contributed by atoms with Crippen molar-refractivity contribution in [3.05, 3.63) is 58.4 Å². The van der Waals surface area contributed by atoms with Gasteiger partial charge in [0.05, 0.1) is 11.1 Å². The van der Waals surface area contributed by atoms with Gasteiger partial charge in [-0.2, -0.15) is 0 Å². The molecule has 0 N–H and O–H groups in total. The monoisotopic (exact) mass is 380 g/mol. The highest BCUT2D eigenvalue weighted by molar-refractivity contribution is 7.13. The van der Waals surface area contributed by atoms with Crippen molar-refractivity contribution in [2.45, 2.75) is 45.2 Å². The summed E-state index contributed by atoms with van der Waals surface area (Å²) in [5.41, 5.74) is 1.97. The lowest BCUT2D eigenvalue weighted by Crippen LogP contribution is -2.44. The molecule has 1 saturated heterocycles. The van der Waals surface area contributed by atoms with E-state index in [0.29, 0.717) is 0 Å². The molecule has 0 radical (unpaired) electrons. The Labute approximate surface area is 163 Å². The van der Waals surface area contributed by atoms with Gasteiger partial charge in [0.1, 0.15) is 5.69 Å². The number of likely N-dealkylation sites (tertiary alicyclic amines) is 1. The quantitative estimate of drug-likeness (QED) is 0.659. The summed E-state index contributed by atoms with van der Waals surface area (Å²) in [6.45, 7) is 3.68. The summed E-state index contributed by atoms with van der Waals surface area (Å²) in [5.74, 6) is 0.182. The number of hydrogen-bond acceptors (Lipinski definition) is 4. The van der Waals surface area contributed by atoms with Crippen LogP contribution >= 0.6 is 11.3 Å². The van der Waals surface area contributed by atoms with Crippen LogP contribution < -0.4 is 0 Å². The topological polar surface area (TPSA) is 51.0 Å². The molecule has 0 aliphatic carbocycles. The minimum Gasteiger partial charge on any atom is -0.335 e. The first-order chi connectivity index (χ1) is 13.2. The van der Waals surface area contributed by atoms with Crippen molar-refractivity contribution < 1.29 is 4.79 Å². The average Bonchev–Trinajstić information content (AvgIpc) is 3.36. The van der Waals surface area contributed by atoms with E-state index >= 15 is 0 Å². The van der Waals surface area contributed by atoms with Crippen molar-refractivity contribution >= 4 is 17.2 Å².